The first-order valence-corrected chi connectivity index (χ1v) is 8.03. The van der Waals surface area contributed by atoms with Crippen molar-refractivity contribution in [3.8, 4) is 11.5 Å². The first-order chi connectivity index (χ1) is 12.0. The summed E-state index contributed by atoms with van der Waals surface area (Å²) in [6, 6.07) is 2.67. The predicted octanol–water partition coefficient (Wildman–Crippen LogP) is 1.93. The van der Waals surface area contributed by atoms with E-state index in [9.17, 15) is 14.7 Å². The van der Waals surface area contributed by atoms with Gasteiger partial charge in [-0.2, -0.15) is 0 Å². The summed E-state index contributed by atoms with van der Waals surface area (Å²) in [5, 5.41) is 11.8. The molecule has 8 nitrogen and oxygen atoms in total. The largest absolute Gasteiger partial charge is 0.493 e. The third kappa shape index (κ3) is 5.33. The number of aromatic carboxylic acids is 1. The number of ether oxygens (including phenoxy) is 4. The number of nitrogens with one attached hydrogen (secondary N) is 1. The van der Waals surface area contributed by atoms with Crippen molar-refractivity contribution in [3.63, 3.8) is 0 Å². The Morgan fingerprint density at radius 1 is 1.24 bits per heavy atom. The van der Waals surface area contributed by atoms with Gasteiger partial charge in [0.2, 0.25) is 5.91 Å². The molecule has 0 radical (unpaired) electrons. The van der Waals surface area contributed by atoms with Crippen molar-refractivity contribution in [2.45, 2.75) is 25.4 Å². The lowest BCUT2D eigenvalue weighted by atomic mass is 10.1. The molecule has 2 N–H and O–H groups in total. The zero-order valence-electron chi connectivity index (χ0n) is 14.4. The Balaban J connectivity index is 1.98. The maximum Gasteiger partial charge on any atom is 0.335 e. The molecule has 1 aliphatic rings. The minimum Gasteiger partial charge on any atom is -0.493 e. The maximum absolute atomic E-state index is 12.1. The average molecular weight is 353 g/mol. The van der Waals surface area contributed by atoms with Crippen LogP contribution in [0.15, 0.2) is 12.1 Å². The van der Waals surface area contributed by atoms with E-state index in [0.29, 0.717) is 13.2 Å². The van der Waals surface area contributed by atoms with Crippen LogP contribution in [0, 0.1) is 0 Å². The van der Waals surface area contributed by atoms with Crippen molar-refractivity contribution in [1.29, 1.82) is 0 Å². The van der Waals surface area contributed by atoms with Gasteiger partial charge in [0, 0.05) is 13.2 Å². The van der Waals surface area contributed by atoms with Gasteiger partial charge >= 0.3 is 5.97 Å². The van der Waals surface area contributed by atoms with Crippen LogP contribution in [0.4, 0.5) is 5.69 Å². The van der Waals surface area contributed by atoms with Gasteiger partial charge in [0.05, 0.1) is 44.6 Å². The molecule has 0 unspecified atom stereocenters. The molecule has 0 saturated carbocycles. The van der Waals surface area contributed by atoms with Crippen molar-refractivity contribution < 1.29 is 33.6 Å². The highest BCUT2D eigenvalue weighted by Gasteiger charge is 2.18. The highest BCUT2D eigenvalue weighted by Crippen LogP contribution is 2.36. The van der Waals surface area contributed by atoms with E-state index in [-0.39, 0.29) is 47.8 Å². The van der Waals surface area contributed by atoms with Crippen molar-refractivity contribution in [1.82, 2.24) is 0 Å². The fourth-order valence-electron chi connectivity index (χ4n) is 2.55. The standard InChI is InChI=1S/C17H23NO7/c1-22-14-10-11(17(20)21)9-13(16(14)23-2)18-15(19)5-8-25-12-3-6-24-7-4-12/h9-10,12H,3-8H2,1-2H3,(H,18,19)(H,20,21). The number of amides is 1. The van der Waals surface area contributed by atoms with E-state index >= 15 is 0 Å². The molecular formula is C17H23NO7. The Bertz CT molecular complexity index is 611. The number of carbonyl (C=O) groups excluding carboxylic acids is 1. The molecule has 25 heavy (non-hydrogen) atoms. The van der Waals surface area contributed by atoms with E-state index in [1.165, 1.54) is 26.4 Å². The highest BCUT2D eigenvalue weighted by molar-refractivity contribution is 5.96. The molecular weight excluding hydrogens is 330 g/mol. The third-order valence-corrected chi connectivity index (χ3v) is 3.85. The lowest BCUT2D eigenvalue weighted by Gasteiger charge is -2.22. The summed E-state index contributed by atoms with van der Waals surface area (Å²) < 4.78 is 21.3. The van der Waals surface area contributed by atoms with E-state index in [0.717, 1.165) is 12.8 Å². The number of hydrogen-bond acceptors (Lipinski definition) is 6. The zero-order chi connectivity index (χ0) is 18.2. The number of rotatable bonds is 8. The van der Waals surface area contributed by atoms with E-state index in [2.05, 4.69) is 5.32 Å². The molecule has 0 aliphatic carbocycles. The van der Waals surface area contributed by atoms with Gasteiger partial charge in [-0.25, -0.2) is 4.79 Å². The number of hydrogen-bond donors (Lipinski definition) is 2. The number of carbonyl (C=O) groups is 2. The van der Waals surface area contributed by atoms with Crippen LogP contribution < -0.4 is 14.8 Å². The topological polar surface area (TPSA) is 103 Å². The van der Waals surface area contributed by atoms with Crippen molar-refractivity contribution in [2.75, 3.05) is 39.4 Å². The summed E-state index contributed by atoms with van der Waals surface area (Å²) in [7, 11) is 2.82. The van der Waals surface area contributed by atoms with Crippen LogP contribution in [0.25, 0.3) is 0 Å². The van der Waals surface area contributed by atoms with Crippen LogP contribution >= 0.6 is 0 Å². The van der Waals surface area contributed by atoms with E-state index in [1.54, 1.807) is 0 Å². The monoisotopic (exact) mass is 353 g/mol. The molecule has 1 aromatic carbocycles. The summed E-state index contributed by atoms with van der Waals surface area (Å²) in [4.78, 5) is 23.4. The van der Waals surface area contributed by atoms with Gasteiger partial charge in [0.25, 0.3) is 0 Å². The quantitative estimate of drug-likeness (QED) is 0.736. The summed E-state index contributed by atoms with van der Waals surface area (Å²) in [5.41, 5.74) is 0.238. The average Bonchev–Trinajstić information content (AvgIpc) is 2.61. The first kappa shape index (κ1) is 19.0. The van der Waals surface area contributed by atoms with Gasteiger partial charge in [-0.15, -0.1) is 0 Å². The van der Waals surface area contributed by atoms with Crippen molar-refractivity contribution in [3.05, 3.63) is 17.7 Å². The third-order valence-electron chi connectivity index (χ3n) is 3.85. The molecule has 1 fully saturated rings. The Hall–Kier alpha value is -2.32. The van der Waals surface area contributed by atoms with Gasteiger partial charge in [0.1, 0.15) is 0 Å². The molecule has 1 aromatic rings. The van der Waals surface area contributed by atoms with Gasteiger partial charge in [-0.1, -0.05) is 0 Å². The summed E-state index contributed by atoms with van der Waals surface area (Å²) >= 11 is 0. The van der Waals surface area contributed by atoms with Crippen molar-refractivity contribution in [2.24, 2.45) is 0 Å². The van der Waals surface area contributed by atoms with E-state index < -0.39 is 5.97 Å². The minimum absolute atomic E-state index is 0.00796. The lowest BCUT2D eigenvalue weighted by molar-refractivity contribution is -0.118. The fraction of sp³-hybridized carbons (Fsp3) is 0.529. The molecule has 2 rings (SSSR count). The van der Waals surface area contributed by atoms with Crippen molar-refractivity contribution >= 4 is 17.6 Å². The SMILES string of the molecule is COc1cc(C(=O)O)cc(NC(=O)CCOC2CCOCC2)c1OC. The zero-order valence-corrected chi connectivity index (χ0v) is 14.4. The van der Waals surface area contributed by atoms with E-state index in [1.807, 2.05) is 0 Å². The Morgan fingerprint density at radius 2 is 1.96 bits per heavy atom. The Kier molecular flexibility index (Phi) is 7.03. The fourth-order valence-corrected chi connectivity index (χ4v) is 2.55. The smallest absolute Gasteiger partial charge is 0.335 e. The lowest BCUT2D eigenvalue weighted by Crippen LogP contribution is -2.25. The molecule has 0 atom stereocenters. The van der Waals surface area contributed by atoms with E-state index in [4.69, 9.17) is 18.9 Å². The molecule has 138 valence electrons. The summed E-state index contributed by atoms with van der Waals surface area (Å²) in [6.07, 6.45) is 1.92. The number of carboxylic acid groups (broad SMARTS) is 1. The molecule has 1 amide bonds. The second kappa shape index (κ2) is 9.24. The summed E-state index contributed by atoms with van der Waals surface area (Å²) in [5.74, 6) is -0.920. The second-order valence-corrected chi connectivity index (χ2v) is 5.55. The molecule has 8 heteroatoms. The number of carboxylic acids is 1. The van der Waals surface area contributed by atoms with Crippen LogP contribution in [-0.4, -0.2) is 57.1 Å². The molecule has 0 aromatic heterocycles. The van der Waals surface area contributed by atoms with Gasteiger partial charge < -0.3 is 29.4 Å². The maximum atomic E-state index is 12.1. The minimum atomic E-state index is -1.13. The number of benzene rings is 1. The Labute approximate surface area is 146 Å². The summed E-state index contributed by atoms with van der Waals surface area (Å²) in [6.45, 7) is 1.64. The predicted molar refractivity (Wildman–Crippen MR) is 89.5 cm³/mol. The molecule has 1 heterocycles. The first-order valence-electron chi connectivity index (χ1n) is 8.03. The number of anilines is 1. The van der Waals surface area contributed by atoms with Crippen LogP contribution in [0.3, 0.4) is 0 Å². The molecule has 1 saturated heterocycles. The molecule has 0 spiro atoms. The van der Waals surface area contributed by atoms with Gasteiger partial charge in [0.15, 0.2) is 11.5 Å². The highest BCUT2D eigenvalue weighted by atomic mass is 16.5. The molecule has 1 aliphatic heterocycles. The molecule has 0 bridgehead atoms. The second-order valence-electron chi connectivity index (χ2n) is 5.55. The van der Waals surface area contributed by atoms with Gasteiger partial charge in [-0.3, -0.25) is 4.79 Å². The van der Waals surface area contributed by atoms with Gasteiger partial charge in [-0.05, 0) is 25.0 Å². The van der Waals surface area contributed by atoms with Crippen LogP contribution in [0.1, 0.15) is 29.6 Å². The van der Waals surface area contributed by atoms with Crippen LogP contribution in [0.5, 0.6) is 11.5 Å². The number of methoxy groups -OCH3 is 2. The van der Waals surface area contributed by atoms with Crippen LogP contribution in [-0.2, 0) is 14.3 Å². The Morgan fingerprint density at radius 3 is 2.56 bits per heavy atom. The normalized spacial score (nSPS) is 14.8. The van der Waals surface area contributed by atoms with Crippen LogP contribution in [0.2, 0.25) is 0 Å².